The Morgan fingerprint density at radius 3 is 3.00 bits per heavy atom. The summed E-state index contributed by atoms with van der Waals surface area (Å²) in [4.78, 5) is 2.05. The lowest BCUT2D eigenvalue weighted by molar-refractivity contribution is 1.43. The number of halogens is 1. The van der Waals surface area contributed by atoms with E-state index >= 15 is 0 Å². The van der Waals surface area contributed by atoms with Crippen LogP contribution >= 0.6 is 38.8 Å². The number of nitriles is 1. The molecule has 0 aromatic carbocycles. The van der Waals surface area contributed by atoms with E-state index in [1.54, 1.807) is 11.3 Å². The molecule has 13 heavy (non-hydrogen) atoms. The monoisotopic (exact) mass is 270 g/mol. The van der Waals surface area contributed by atoms with Crippen molar-refractivity contribution in [3.63, 3.8) is 0 Å². The molecule has 0 saturated heterocycles. The summed E-state index contributed by atoms with van der Waals surface area (Å²) in [5.74, 6) is 0. The molecule has 2 aromatic rings. The summed E-state index contributed by atoms with van der Waals surface area (Å²) in [5, 5.41) is 10.9. The summed E-state index contributed by atoms with van der Waals surface area (Å²) in [6.45, 7) is 0. The van der Waals surface area contributed by atoms with E-state index < -0.39 is 0 Å². The van der Waals surface area contributed by atoms with Crippen LogP contribution in [0.4, 0.5) is 0 Å². The molecule has 0 bridgehead atoms. The summed E-state index contributed by atoms with van der Waals surface area (Å²) in [6.07, 6.45) is 0. The van der Waals surface area contributed by atoms with Gasteiger partial charge in [-0.15, -0.1) is 11.3 Å². The minimum absolute atomic E-state index is 0.632. The van der Waals surface area contributed by atoms with E-state index in [1.165, 1.54) is 11.5 Å². The molecule has 5 heteroatoms. The highest BCUT2D eigenvalue weighted by atomic mass is 79.9. The Labute approximate surface area is 91.8 Å². The SMILES string of the molecule is N#Cc1c(Br)nsc1-c1cccs1. The molecular formula is C8H3BrN2S2. The lowest BCUT2D eigenvalue weighted by atomic mass is 10.3. The number of rotatable bonds is 1. The lowest BCUT2D eigenvalue weighted by Gasteiger charge is -1.89. The molecule has 0 aliphatic rings. The Morgan fingerprint density at radius 2 is 2.38 bits per heavy atom. The molecular weight excluding hydrogens is 268 g/mol. The number of hydrogen-bond acceptors (Lipinski definition) is 4. The first kappa shape index (κ1) is 8.88. The van der Waals surface area contributed by atoms with Crippen molar-refractivity contribution >= 4 is 38.8 Å². The van der Waals surface area contributed by atoms with E-state index in [2.05, 4.69) is 26.4 Å². The third kappa shape index (κ3) is 1.53. The van der Waals surface area contributed by atoms with E-state index in [9.17, 15) is 0 Å². The molecule has 0 aliphatic heterocycles. The average molecular weight is 271 g/mol. The summed E-state index contributed by atoms with van der Waals surface area (Å²) < 4.78 is 4.73. The van der Waals surface area contributed by atoms with Crippen LogP contribution in [0.5, 0.6) is 0 Å². The van der Waals surface area contributed by atoms with Crippen molar-refractivity contribution in [1.29, 1.82) is 5.26 Å². The Bertz CT molecular complexity index is 453. The second kappa shape index (κ2) is 3.58. The zero-order chi connectivity index (χ0) is 9.26. The third-order valence-electron chi connectivity index (χ3n) is 1.51. The summed E-state index contributed by atoms with van der Waals surface area (Å²) in [7, 11) is 0. The fraction of sp³-hybridized carbons (Fsp3) is 0. The molecule has 0 spiro atoms. The average Bonchev–Trinajstić information content (AvgIpc) is 2.71. The number of nitrogens with zero attached hydrogens (tertiary/aromatic N) is 2. The number of thiophene rings is 1. The van der Waals surface area contributed by atoms with Gasteiger partial charge in [-0.25, -0.2) is 0 Å². The maximum atomic E-state index is 8.88. The van der Waals surface area contributed by atoms with Crippen molar-refractivity contribution in [1.82, 2.24) is 4.37 Å². The van der Waals surface area contributed by atoms with Gasteiger partial charge in [-0.3, -0.25) is 0 Å². The van der Waals surface area contributed by atoms with Gasteiger partial charge < -0.3 is 0 Å². The Hall–Kier alpha value is -0.700. The zero-order valence-electron chi connectivity index (χ0n) is 6.32. The third-order valence-corrected chi connectivity index (χ3v) is 4.21. The summed E-state index contributed by atoms with van der Waals surface area (Å²) in [5.41, 5.74) is 0.632. The van der Waals surface area contributed by atoms with Gasteiger partial charge in [0.1, 0.15) is 16.2 Å². The predicted octanol–water partition coefficient (Wildman–Crippen LogP) is 3.51. The van der Waals surface area contributed by atoms with Gasteiger partial charge in [0, 0.05) is 4.88 Å². The van der Waals surface area contributed by atoms with Gasteiger partial charge in [-0.05, 0) is 38.9 Å². The lowest BCUT2D eigenvalue weighted by Crippen LogP contribution is -1.72. The van der Waals surface area contributed by atoms with Crippen LogP contribution in [0.2, 0.25) is 0 Å². The van der Waals surface area contributed by atoms with Crippen LogP contribution in [-0.4, -0.2) is 4.37 Å². The fourth-order valence-electron chi connectivity index (χ4n) is 0.944. The van der Waals surface area contributed by atoms with Gasteiger partial charge in [0.05, 0.1) is 4.88 Å². The minimum atomic E-state index is 0.632. The van der Waals surface area contributed by atoms with Crippen molar-refractivity contribution in [2.45, 2.75) is 0 Å². The summed E-state index contributed by atoms with van der Waals surface area (Å²) in [6, 6.07) is 6.10. The standard InChI is InChI=1S/C8H3BrN2S2/c9-8-5(4-10)7(13-11-8)6-2-1-3-12-6/h1-3H. The normalized spacial score (nSPS) is 9.85. The molecule has 0 N–H and O–H groups in total. The van der Waals surface area contributed by atoms with Crippen molar-refractivity contribution in [3.8, 4) is 15.8 Å². The maximum Gasteiger partial charge on any atom is 0.138 e. The van der Waals surface area contributed by atoms with Crippen LogP contribution in [-0.2, 0) is 0 Å². The maximum absolute atomic E-state index is 8.88. The Morgan fingerprint density at radius 1 is 1.54 bits per heavy atom. The largest absolute Gasteiger partial charge is 0.192 e. The Balaban J connectivity index is 2.60. The molecule has 2 nitrogen and oxygen atoms in total. The van der Waals surface area contributed by atoms with E-state index in [1.807, 2.05) is 17.5 Å². The molecule has 0 radical (unpaired) electrons. The Kier molecular flexibility index (Phi) is 2.44. The highest BCUT2D eigenvalue weighted by Gasteiger charge is 2.13. The fourth-order valence-corrected chi connectivity index (χ4v) is 3.16. The van der Waals surface area contributed by atoms with Crippen LogP contribution in [0.1, 0.15) is 5.56 Å². The quantitative estimate of drug-likeness (QED) is 0.795. The minimum Gasteiger partial charge on any atom is -0.192 e. The van der Waals surface area contributed by atoms with Crippen LogP contribution in [0.25, 0.3) is 9.75 Å². The molecule has 0 saturated carbocycles. The van der Waals surface area contributed by atoms with E-state index in [-0.39, 0.29) is 0 Å². The zero-order valence-corrected chi connectivity index (χ0v) is 9.54. The molecule has 2 heterocycles. The number of aromatic nitrogens is 1. The van der Waals surface area contributed by atoms with Crippen LogP contribution in [0.15, 0.2) is 22.1 Å². The predicted molar refractivity (Wildman–Crippen MR) is 57.8 cm³/mol. The first-order chi connectivity index (χ1) is 6.33. The van der Waals surface area contributed by atoms with Gasteiger partial charge in [0.25, 0.3) is 0 Å². The van der Waals surface area contributed by atoms with Gasteiger partial charge in [-0.1, -0.05) is 6.07 Å². The number of hydrogen-bond donors (Lipinski definition) is 0. The molecule has 2 rings (SSSR count). The second-order valence-electron chi connectivity index (χ2n) is 2.27. The van der Waals surface area contributed by atoms with E-state index in [4.69, 9.17) is 5.26 Å². The van der Waals surface area contributed by atoms with Crippen molar-refractivity contribution < 1.29 is 0 Å². The molecule has 0 amide bonds. The van der Waals surface area contributed by atoms with Crippen molar-refractivity contribution in [2.75, 3.05) is 0 Å². The van der Waals surface area contributed by atoms with Crippen molar-refractivity contribution in [2.24, 2.45) is 0 Å². The smallest absolute Gasteiger partial charge is 0.138 e. The van der Waals surface area contributed by atoms with Crippen LogP contribution < -0.4 is 0 Å². The van der Waals surface area contributed by atoms with Gasteiger partial charge in [0.15, 0.2) is 0 Å². The highest BCUT2D eigenvalue weighted by molar-refractivity contribution is 9.10. The molecule has 2 aromatic heterocycles. The van der Waals surface area contributed by atoms with E-state index in [0.29, 0.717) is 10.2 Å². The molecule has 0 unspecified atom stereocenters. The molecule has 64 valence electrons. The van der Waals surface area contributed by atoms with Crippen LogP contribution in [0.3, 0.4) is 0 Å². The highest BCUT2D eigenvalue weighted by Crippen LogP contribution is 2.34. The van der Waals surface area contributed by atoms with Gasteiger partial charge in [0.2, 0.25) is 0 Å². The van der Waals surface area contributed by atoms with E-state index in [0.717, 1.165) is 9.75 Å². The summed E-state index contributed by atoms with van der Waals surface area (Å²) >= 11 is 6.21. The first-order valence-corrected chi connectivity index (χ1v) is 5.86. The second-order valence-corrected chi connectivity index (χ2v) is 4.74. The first-order valence-electron chi connectivity index (χ1n) is 3.42. The topological polar surface area (TPSA) is 36.7 Å². The van der Waals surface area contributed by atoms with Crippen molar-refractivity contribution in [3.05, 3.63) is 27.7 Å². The van der Waals surface area contributed by atoms with Gasteiger partial charge in [-0.2, -0.15) is 9.64 Å². The molecule has 0 fully saturated rings. The van der Waals surface area contributed by atoms with Gasteiger partial charge >= 0.3 is 0 Å². The molecule has 0 aliphatic carbocycles. The van der Waals surface area contributed by atoms with Crippen LogP contribution in [0, 0.1) is 11.3 Å². The molecule has 0 atom stereocenters.